The van der Waals surface area contributed by atoms with Crippen LogP contribution in [0.25, 0.3) is 0 Å². The normalized spacial score (nSPS) is 43.9. The van der Waals surface area contributed by atoms with Gasteiger partial charge >= 0.3 is 23.9 Å². The van der Waals surface area contributed by atoms with Crippen molar-refractivity contribution in [2.24, 2.45) is 82.9 Å². The molecule has 2 aliphatic heterocycles. The van der Waals surface area contributed by atoms with Crippen molar-refractivity contribution < 1.29 is 52.7 Å². The number of hydrogen-bond acceptors (Lipinski definition) is 11. The molecule has 2 heterocycles. The third-order valence-electron chi connectivity index (χ3n) is 12.5. The van der Waals surface area contributed by atoms with E-state index < -0.39 is 29.4 Å². The van der Waals surface area contributed by atoms with Crippen molar-refractivity contribution in [2.75, 3.05) is 52.9 Å². The first-order chi connectivity index (χ1) is 22.4. The first-order valence-corrected chi connectivity index (χ1v) is 17.9. The summed E-state index contributed by atoms with van der Waals surface area (Å²) in [6.07, 6.45) is 2.97. The van der Waals surface area contributed by atoms with Gasteiger partial charge in [0.1, 0.15) is 12.2 Å². The van der Waals surface area contributed by atoms with E-state index in [4.69, 9.17) is 28.4 Å². The van der Waals surface area contributed by atoms with Crippen LogP contribution >= 0.6 is 0 Å². The highest BCUT2D eigenvalue weighted by Crippen LogP contribution is 2.69. The van der Waals surface area contributed by atoms with Crippen molar-refractivity contribution in [3.63, 3.8) is 0 Å². The first kappa shape index (κ1) is 34.8. The number of esters is 4. The average molecular weight is 663 g/mol. The standard InChI is InChI=1S/C36H54O11/c1-18-16-43-10-8-42-9-11-44-17-26(18)30-22-12-21(14-24(22)33(39)45-7-6-37)29(30)31-23-13-20(15-25(23)34(40)47-36(3,4)5)28(31)27-19(2)32(38)46-35(27)41/h18-31,37H,6-17H2,1-5H3. The summed E-state index contributed by atoms with van der Waals surface area (Å²) in [7, 11) is 0. The molecule has 6 rings (SSSR count). The molecule has 47 heavy (non-hydrogen) atoms. The van der Waals surface area contributed by atoms with E-state index in [0.29, 0.717) is 52.5 Å². The van der Waals surface area contributed by atoms with Gasteiger partial charge in [0, 0.05) is 6.61 Å². The highest BCUT2D eigenvalue weighted by Gasteiger charge is 2.68. The maximum Gasteiger partial charge on any atom is 0.317 e. The van der Waals surface area contributed by atoms with Crippen molar-refractivity contribution in [3.05, 3.63) is 0 Å². The van der Waals surface area contributed by atoms with Gasteiger partial charge in [0.2, 0.25) is 0 Å². The third-order valence-corrected chi connectivity index (χ3v) is 12.5. The van der Waals surface area contributed by atoms with Gasteiger partial charge in [0.05, 0.1) is 63.3 Å². The van der Waals surface area contributed by atoms with E-state index in [0.717, 1.165) is 12.8 Å². The minimum atomic E-state index is -0.619. The van der Waals surface area contributed by atoms with Gasteiger partial charge in [-0.25, -0.2) is 0 Å². The quantitative estimate of drug-likeness (QED) is 0.244. The molecule has 0 aromatic heterocycles. The van der Waals surface area contributed by atoms with E-state index in [-0.39, 0.29) is 96.2 Å². The molecule has 0 aromatic rings. The van der Waals surface area contributed by atoms with Crippen molar-refractivity contribution in [1.82, 2.24) is 0 Å². The SMILES string of the molecule is CC1COCCOCCOCC1C1C2CC(CC2C(=O)OCCO)C1C1C2CC(CC2C(=O)OC(C)(C)C)C1C1C(=O)OC(=O)C1C. The van der Waals surface area contributed by atoms with E-state index in [2.05, 4.69) is 6.92 Å². The number of aliphatic hydroxyl groups excluding tert-OH is 1. The molecule has 0 aromatic carbocycles. The van der Waals surface area contributed by atoms with Gasteiger partial charge in [-0.2, -0.15) is 0 Å². The van der Waals surface area contributed by atoms with Crippen LogP contribution < -0.4 is 0 Å². The zero-order valence-electron chi connectivity index (χ0n) is 28.6. The van der Waals surface area contributed by atoms with E-state index in [1.54, 1.807) is 6.92 Å². The zero-order chi connectivity index (χ0) is 33.6. The number of carbonyl (C=O) groups is 4. The Morgan fingerprint density at radius 2 is 1.34 bits per heavy atom. The van der Waals surface area contributed by atoms with Crippen LogP contribution in [0.5, 0.6) is 0 Å². The van der Waals surface area contributed by atoms with Crippen LogP contribution in [0.1, 0.15) is 60.3 Å². The molecule has 4 bridgehead atoms. The lowest BCUT2D eigenvalue weighted by atomic mass is 9.54. The van der Waals surface area contributed by atoms with Crippen molar-refractivity contribution in [3.8, 4) is 0 Å². The summed E-state index contributed by atoms with van der Waals surface area (Å²) in [5.74, 6) is -2.48. The van der Waals surface area contributed by atoms with Gasteiger partial charge in [-0.15, -0.1) is 0 Å². The summed E-state index contributed by atoms with van der Waals surface area (Å²) in [6, 6.07) is 0. The van der Waals surface area contributed by atoms with E-state index in [1.807, 2.05) is 20.8 Å². The molecule has 264 valence electrons. The molecule has 14 unspecified atom stereocenters. The minimum Gasteiger partial charge on any atom is -0.463 e. The van der Waals surface area contributed by atoms with Gasteiger partial charge in [-0.1, -0.05) is 13.8 Å². The topological polar surface area (TPSA) is 144 Å². The number of rotatable bonds is 7. The molecule has 6 aliphatic rings. The second kappa shape index (κ2) is 14.0. The Balaban J connectivity index is 1.39. The molecular formula is C36H54O11. The summed E-state index contributed by atoms with van der Waals surface area (Å²) in [4.78, 5) is 53.3. The van der Waals surface area contributed by atoms with Crippen molar-refractivity contribution in [1.29, 1.82) is 0 Å². The van der Waals surface area contributed by atoms with Crippen LogP contribution in [0.4, 0.5) is 0 Å². The van der Waals surface area contributed by atoms with Gasteiger partial charge in [-0.3, -0.25) is 19.2 Å². The number of carbonyl (C=O) groups excluding carboxylic acids is 4. The van der Waals surface area contributed by atoms with Crippen LogP contribution in [0.15, 0.2) is 0 Å². The molecule has 4 aliphatic carbocycles. The van der Waals surface area contributed by atoms with Crippen molar-refractivity contribution in [2.45, 2.75) is 65.9 Å². The second-order valence-corrected chi connectivity index (χ2v) is 16.2. The van der Waals surface area contributed by atoms with Crippen LogP contribution in [-0.2, 0) is 47.6 Å². The Bertz CT molecular complexity index is 1180. The molecule has 0 radical (unpaired) electrons. The summed E-state index contributed by atoms with van der Waals surface area (Å²) in [5, 5.41) is 9.37. The summed E-state index contributed by atoms with van der Waals surface area (Å²) < 4.78 is 34.7. The van der Waals surface area contributed by atoms with Gasteiger partial charge < -0.3 is 33.5 Å². The Hall–Kier alpha value is -2.08. The zero-order valence-corrected chi connectivity index (χ0v) is 28.6. The lowest BCUT2D eigenvalue weighted by molar-refractivity contribution is -0.165. The number of ether oxygens (including phenoxy) is 6. The lowest BCUT2D eigenvalue weighted by Gasteiger charge is -2.49. The molecular weight excluding hydrogens is 608 g/mol. The van der Waals surface area contributed by atoms with Gasteiger partial charge in [-0.05, 0) is 106 Å². The summed E-state index contributed by atoms with van der Waals surface area (Å²) in [6.45, 7) is 12.3. The fourth-order valence-electron chi connectivity index (χ4n) is 11.0. The second-order valence-electron chi connectivity index (χ2n) is 16.2. The van der Waals surface area contributed by atoms with Crippen molar-refractivity contribution >= 4 is 23.9 Å². The molecule has 0 spiro atoms. The number of hydrogen-bond donors (Lipinski definition) is 1. The Morgan fingerprint density at radius 1 is 0.745 bits per heavy atom. The lowest BCUT2D eigenvalue weighted by Crippen LogP contribution is -2.50. The summed E-state index contributed by atoms with van der Waals surface area (Å²) in [5.41, 5.74) is -0.619. The maximum absolute atomic E-state index is 13.7. The van der Waals surface area contributed by atoms with E-state index >= 15 is 0 Å². The highest BCUT2D eigenvalue weighted by molar-refractivity contribution is 5.96. The largest absolute Gasteiger partial charge is 0.463 e. The Labute approximate surface area is 278 Å². The minimum absolute atomic E-state index is 0.00537. The fraction of sp³-hybridized carbons (Fsp3) is 0.889. The van der Waals surface area contributed by atoms with Crippen LogP contribution in [0, 0.1) is 82.9 Å². The summed E-state index contributed by atoms with van der Waals surface area (Å²) >= 11 is 0. The first-order valence-electron chi connectivity index (χ1n) is 17.9. The Kier molecular flexibility index (Phi) is 10.4. The number of cyclic esters (lactones) is 2. The fourth-order valence-corrected chi connectivity index (χ4v) is 11.0. The number of aliphatic hydroxyl groups is 1. The molecule has 11 nitrogen and oxygen atoms in total. The van der Waals surface area contributed by atoms with E-state index in [1.165, 1.54) is 0 Å². The molecule has 14 atom stereocenters. The maximum atomic E-state index is 13.7. The molecule has 2 saturated heterocycles. The molecule has 1 N–H and O–H groups in total. The predicted octanol–water partition coefficient (Wildman–Crippen LogP) is 3.29. The van der Waals surface area contributed by atoms with Crippen LogP contribution in [0.2, 0.25) is 0 Å². The monoisotopic (exact) mass is 662 g/mol. The predicted molar refractivity (Wildman–Crippen MR) is 166 cm³/mol. The van der Waals surface area contributed by atoms with Crippen LogP contribution in [-0.4, -0.2) is 87.4 Å². The highest BCUT2D eigenvalue weighted by atomic mass is 16.6. The Morgan fingerprint density at radius 3 is 1.96 bits per heavy atom. The molecule has 4 saturated carbocycles. The third kappa shape index (κ3) is 6.75. The average Bonchev–Trinajstić information content (AvgIpc) is 3.82. The molecule has 11 heteroatoms. The van der Waals surface area contributed by atoms with Gasteiger partial charge in [0.25, 0.3) is 0 Å². The molecule has 0 amide bonds. The number of fused-ring (bicyclic) bond motifs is 4. The van der Waals surface area contributed by atoms with Gasteiger partial charge in [0.15, 0.2) is 0 Å². The molecule has 6 fully saturated rings. The van der Waals surface area contributed by atoms with Crippen LogP contribution in [0.3, 0.4) is 0 Å². The smallest absolute Gasteiger partial charge is 0.317 e. The van der Waals surface area contributed by atoms with E-state index in [9.17, 15) is 24.3 Å².